The van der Waals surface area contributed by atoms with Crippen molar-refractivity contribution >= 4 is 17.7 Å². The Morgan fingerprint density at radius 3 is 2.28 bits per heavy atom. The predicted octanol–water partition coefficient (Wildman–Crippen LogP) is 2.38. The molecule has 25 heavy (non-hydrogen) atoms. The van der Waals surface area contributed by atoms with Crippen LogP contribution in [0.1, 0.15) is 53.3 Å². The number of rotatable bonds is 7. The largest absolute Gasteiger partial charge is 0.497 e. The molecule has 0 spiro atoms. The molecule has 1 aromatic rings. The Morgan fingerprint density at radius 1 is 1.16 bits per heavy atom. The van der Waals surface area contributed by atoms with E-state index in [4.69, 9.17) is 9.47 Å². The summed E-state index contributed by atoms with van der Waals surface area (Å²) < 4.78 is 10.4. The number of ketones is 1. The van der Waals surface area contributed by atoms with E-state index in [2.05, 4.69) is 0 Å². The molecule has 1 saturated carbocycles. The molecule has 1 N–H and O–H groups in total. The third-order valence-electron chi connectivity index (χ3n) is 4.45. The van der Waals surface area contributed by atoms with Gasteiger partial charge < -0.3 is 19.5 Å². The Balaban J connectivity index is 2.53. The second kappa shape index (κ2) is 8.00. The normalized spacial score (nSPS) is 14.2. The topological polar surface area (TPSA) is 93.1 Å². The molecule has 0 saturated heterocycles. The fourth-order valence-corrected chi connectivity index (χ4v) is 3.28. The molecule has 1 aliphatic rings. The molecule has 0 heterocycles. The van der Waals surface area contributed by atoms with Gasteiger partial charge in [0.15, 0.2) is 5.78 Å². The van der Waals surface area contributed by atoms with Crippen LogP contribution in [0.25, 0.3) is 0 Å². The van der Waals surface area contributed by atoms with Gasteiger partial charge in [-0.3, -0.25) is 14.4 Å². The molecule has 1 aromatic carbocycles. The van der Waals surface area contributed by atoms with Gasteiger partial charge in [-0.25, -0.2) is 0 Å². The lowest BCUT2D eigenvalue weighted by Crippen LogP contribution is -2.42. The van der Waals surface area contributed by atoms with E-state index in [1.54, 1.807) is 0 Å². The van der Waals surface area contributed by atoms with E-state index in [1.807, 2.05) is 0 Å². The van der Waals surface area contributed by atoms with E-state index in [-0.39, 0.29) is 28.7 Å². The summed E-state index contributed by atoms with van der Waals surface area (Å²) in [5, 5.41) is 9.21. The van der Waals surface area contributed by atoms with Crippen LogP contribution in [-0.4, -0.2) is 54.5 Å². The summed E-state index contributed by atoms with van der Waals surface area (Å²) in [5.74, 6) is -1.30. The van der Waals surface area contributed by atoms with Gasteiger partial charge in [-0.05, 0) is 25.8 Å². The van der Waals surface area contributed by atoms with Gasteiger partial charge in [-0.1, -0.05) is 12.8 Å². The Morgan fingerprint density at radius 2 is 1.80 bits per heavy atom. The Labute approximate surface area is 146 Å². The third kappa shape index (κ3) is 4.10. The number of aliphatic carboxylic acids is 1. The highest BCUT2D eigenvalue weighted by atomic mass is 16.5. The first-order chi connectivity index (χ1) is 11.9. The van der Waals surface area contributed by atoms with E-state index in [9.17, 15) is 19.5 Å². The zero-order valence-corrected chi connectivity index (χ0v) is 14.7. The van der Waals surface area contributed by atoms with Crippen LogP contribution in [0, 0.1) is 0 Å². The highest BCUT2D eigenvalue weighted by Crippen LogP contribution is 2.32. The number of nitrogens with zero attached hydrogens (tertiary/aromatic N) is 1. The fraction of sp³-hybridized carbons (Fsp3) is 0.500. The van der Waals surface area contributed by atoms with Crippen LogP contribution in [0.4, 0.5) is 0 Å². The quantitative estimate of drug-likeness (QED) is 0.760. The SMILES string of the molecule is COc1cc(OC)c(C(C)=O)c(C(=O)N(CC(=O)O)C2CCCC2)c1. The van der Waals surface area contributed by atoms with E-state index in [1.165, 1.54) is 38.2 Å². The summed E-state index contributed by atoms with van der Waals surface area (Å²) in [7, 11) is 2.85. The van der Waals surface area contributed by atoms with Crippen molar-refractivity contribution in [3.05, 3.63) is 23.3 Å². The monoisotopic (exact) mass is 349 g/mol. The average molecular weight is 349 g/mol. The van der Waals surface area contributed by atoms with Crippen LogP contribution in [0.3, 0.4) is 0 Å². The highest BCUT2D eigenvalue weighted by molar-refractivity contribution is 6.09. The zero-order valence-electron chi connectivity index (χ0n) is 14.7. The zero-order chi connectivity index (χ0) is 18.6. The maximum Gasteiger partial charge on any atom is 0.323 e. The molecule has 0 unspecified atom stereocenters. The number of hydrogen-bond acceptors (Lipinski definition) is 5. The second-order valence-corrected chi connectivity index (χ2v) is 6.07. The molecule has 1 amide bonds. The van der Waals surface area contributed by atoms with Gasteiger partial charge in [-0.15, -0.1) is 0 Å². The molecule has 7 nitrogen and oxygen atoms in total. The number of benzene rings is 1. The minimum atomic E-state index is -1.08. The summed E-state index contributed by atoms with van der Waals surface area (Å²) >= 11 is 0. The maximum atomic E-state index is 13.1. The Hall–Kier alpha value is -2.57. The molecule has 0 atom stereocenters. The van der Waals surface area contributed by atoms with Gasteiger partial charge in [0.1, 0.15) is 18.0 Å². The third-order valence-corrected chi connectivity index (χ3v) is 4.45. The van der Waals surface area contributed by atoms with Crippen LogP contribution in [0.15, 0.2) is 12.1 Å². The molecule has 0 aromatic heterocycles. The lowest BCUT2D eigenvalue weighted by Gasteiger charge is -2.28. The van der Waals surface area contributed by atoms with Gasteiger partial charge in [0.05, 0.1) is 25.3 Å². The molecule has 0 bridgehead atoms. The van der Waals surface area contributed by atoms with E-state index in [0.29, 0.717) is 5.75 Å². The number of carboxylic acids is 1. The number of carbonyl (C=O) groups is 3. The van der Waals surface area contributed by atoms with Crippen molar-refractivity contribution in [3.63, 3.8) is 0 Å². The van der Waals surface area contributed by atoms with Gasteiger partial charge in [-0.2, -0.15) is 0 Å². The smallest absolute Gasteiger partial charge is 0.323 e. The van der Waals surface area contributed by atoms with Crippen molar-refractivity contribution in [2.24, 2.45) is 0 Å². The van der Waals surface area contributed by atoms with Crippen molar-refractivity contribution < 1.29 is 29.0 Å². The fourth-order valence-electron chi connectivity index (χ4n) is 3.28. The summed E-state index contributed by atoms with van der Waals surface area (Å²) in [6, 6.07) is 2.86. The predicted molar refractivity (Wildman–Crippen MR) is 90.5 cm³/mol. The summed E-state index contributed by atoms with van der Waals surface area (Å²) in [5.41, 5.74) is 0.249. The van der Waals surface area contributed by atoms with Crippen LogP contribution in [0.2, 0.25) is 0 Å². The van der Waals surface area contributed by atoms with Crippen molar-refractivity contribution in [2.75, 3.05) is 20.8 Å². The van der Waals surface area contributed by atoms with Gasteiger partial charge >= 0.3 is 5.97 Å². The van der Waals surface area contributed by atoms with Gasteiger partial charge in [0.25, 0.3) is 5.91 Å². The first kappa shape index (κ1) is 18.8. The van der Waals surface area contributed by atoms with Crippen molar-refractivity contribution in [1.29, 1.82) is 0 Å². The molecule has 0 radical (unpaired) electrons. The van der Waals surface area contributed by atoms with Crippen LogP contribution >= 0.6 is 0 Å². The summed E-state index contributed by atoms with van der Waals surface area (Å²) in [6.07, 6.45) is 3.43. The lowest BCUT2D eigenvalue weighted by molar-refractivity contribution is -0.138. The maximum absolute atomic E-state index is 13.1. The van der Waals surface area contributed by atoms with Crippen LogP contribution in [-0.2, 0) is 4.79 Å². The second-order valence-electron chi connectivity index (χ2n) is 6.07. The van der Waals surface area contributed by atoms with E-state index >= 15 is 0 Å². The Bertz CT molecular complexity index is 678. The number of ether oxygens (including phenoxy) is 2. The number of methoxy groups -OCH3 is 2. The minimum Gasteiger partial charge on any atom is -0.497 e. The molecule has 1 aliphatic carbocycles. The molecule has 2 rings (SSSR count). The van der Waals surface area contributed by atoms with Crippen LogP contribution in [0.5, 0.6) is 11.5 Å². The number of carbonyl (C=O) groups excluding carboxylic acids is 2. The number of Topliss-reactive ketones (excluding diaryl/α,β-unsaturated/α-hetero) is 1. The van der Waals surface area contributed by atoms with Gasteiger partial charge in [0, 0.05) is 12.1 Å². The molecular weight excluding hydrogens is 326 g/mol. The molecule has 0 aliphatic heterocycles. The number of carboxylic acid groups (broad SMARTS) is 1. The highest BCUT2D eigenvalue weighted by Gasteiger charge is 2.32. The standard InChI is InChI=1S/C18H23NO6/c1-11(20)17-14(8-13(24-2)9-15(17)25-3)18(23)19(10-16(21)22)12-6-4-5-7-12/h8-9,12H,4-7,10H2,1-3H3,(H,21,22). The van der Waals surface area contributed by atoms with E-state index in [0.717, 1.165) is 25.7 Å². The molecule has 1 fully saturated rings. The van der Waals surface area contributed by atoms with Crippen molar-refractivity contribution in [2.45, 2.75) is 38.6 Å². The number of amides is 1. The molecule has 136 valence electrons. The van der Waals surface area contributed by atoms with Crippen molar-refractivity contribution in [3.8, 4) is 11.5 Å². The first-order valence-corrected chi connectivity index (χ1v) is 8.18. The minimum absolute atomic E-state index is 0.108. The first-order valence-electron chi connectivity index (χ1n) is 8.18. The summed E-state index contributed by atoms with van der Waals surface area (Å²) in [4.78, 5) is 37.8. The van der Waals surface area contributed by atoms with Crippen molar-refractivity contribution in [1.82, 2.24) is 4.90 Å². The number of hydrogen-bond donors (Lipinski definition) is 1. The average Bonchev–Trinajstić information content (AvgIpc) is 3.11. The van der Waals surface area contributed by atoms with Crippen LogP contribution < -0.4 is 9.47 Å². The Kier molecular flexibility index (Phi) is 6.01. The summed E-state index contributed by atoms with van der Waals surface area (Å²) in [6.45, 7) is 0.943. The molecular formula is C18H23NO6. The van der Waals surface area contributed by atoms with E-state index < -0.39 is 18.4 Å². The molecule has 7 heteroatoms. The van der Waals surface area contributed by atoms with Gasteiger partial charge in [0.2, 0.25) is 0 Å². The lowest BCUT2D eigenvalue weighted by atomic mass is 10.00.